The Balaban J connectivity index is 1.99. The Hall–Kier alpha value is -0.230. The van der Waals surface area contributed by atoms with E-state index in [1.165, 1.54) is 37.4 Å². The van der Waals surface area contributed by atoms with Crippen LogP contribution < -0.4 is 5.32 Å². The molecule has 0 saturated carbocycles. The number of amides is 1. The second-order valence-electron chi connectivity index (χ2n) is 5.20. The van der Waals surface area contributed by atoms with E-state index >= 15 is 0 Å². The Morgan fingerprint density at radius 3 is 2.63 bits per heavy atom. The second kappa shape index (κ2) is 8.84. The van der Waals surface area contributed by atoms with Gasteiger partial charge in [0.25, 0.3) is 5.24 Å². The topological polar surface area (TPSA) is 63.2 Å². The van der Waals surface area contributed by atoms with Crippen LogP contribution in [-0.4, -0.2) is 37.5 Å². The quantitative estimate of drug-likeness (QED) is 0.700. The molecule has 1 heterocycles. The van der Waals surface area contributed by atoms with Crippen LogP contribution in [0.2, 0.25) is 0 Å². The number of carbonyl (C=O) groups excluding carboxylic acids is 1. The predicted molar refractivity (Wildman–Crippen MR) is 81.4 cm³/mol. The first-order valence-corrected chi connectivity index (χ1v) is 9.95. The molecule has 0 radical (unpaired) electrons. The van der Waals surface area contributed by atoms with Crippen LogP contribution in [0.3, 0.4) is 0 Å². The van der Waals surface area contributed by atoms with Gasteiger partial charge in [-0.15, -0.1) is 0 Å². The van der Waals surface area contributed by atoms with E-state index in [0.717, 1.165) is 12.2 Å². The molecule has 0 aliphatic carbocycles. The molecule has 1 saturated heterocycles. The minimum atomic E-state index is -2.83. The normalized spacial score (nSPS) is 21.4. The molecule has 1 N–H and O–H groups in total. The molecule has 0 aromatic carbocycles. The molecular weight excluding hydrogens is 282 g/mol. The summed E-state index contributed by atoms with van der Waals surface area (Å²) in [6, 6.07) is 0. The fourth-order valence-electron chi connectivity index (χ4n) is 2.18. The van der Waals surface area contributed by atoms with E-state index in [-0.39, 0.29) is 22.7 Å². The van der Waals surface area contributed by atoms with Gasteiger partial charge in [-0.05, 0) is 18.8 Å². The monoisotopic (exact) mass is 307 g/mol. The first kappa shape index (κ1) is 16.8. The van der Waals surface area contributed by atoms with Gasteiger partial charge in [0.05, 0.1) is 11.5 Å². The van der Waals surface area contributed by atoms with E-state index in [4.69, 9.17) is 0 Å². The summed E-state index contributed by atoms with van der Waals surface area (Å²) in [7, 11) is -2.83. The van der Waals surface area contributed by atoms with Gasteiger partial charge in [-0.25, -0.2) is 8.42 Å². The van der Waals surface area contributed by atoms with Crippen molar-refractivity contribution in [2.75, 3.05) is 23.8 Å². The molecule has 1 rings (SSSR count). The summed E-state index contributed by atoms with van der Waals surface area (Å²) in [6.07, 6.45) is 6.71. The number of nitrogens with one attached hydrogen (secondary N) is 1. The van der Waals surface area contributed by atoms with Crippen LogP contribution in [0, 0.1) is 5.92 Å². The van der Waals surface area contributed by atoms with Crippen LogP contribution in [0.15, 0.2) is 0 Å². The molecule has 112 valence electrons. The van der Waals surface area contributed by atoms with E-state index in [1.807, 2.05) is 0 Å². The first-order valence-electron chi connectivity index (χ1n) is 7.14. The molecule has 6 heteroatoms. The maximum absolute atomic E-state index is 11.6. The molecule has 0 bridgehead atoms. The lowest BCUT2D eigenvalue weighted by Crippen LogP contribution is -2.27. The van der Waals surface area contributed by atoms with Crippen molar-refractivity contribution in [3.8, 4) is 0 Å². The third kappa shape index (κ3) is 7.82. The lowest BCUT2D eigenvalue weighted by atomic mass is 10.1. The average molecular weight is 307 g/mol. The van der Waals surface area contributed by atoms with Gasteiger partial charge in [0.15, 0.2) is 9.84 Å². The molecule has 1 aliphatic heterocycles. The molecule has 1 unspecified atom stereocenters. The highest BCUT2D eigenvalue weighted by Gasteiger charge is 2.27. The number of carbonyl (C=O) groups is 1. The maximum atomic E-state index is 11.6. The molecule has 0 spiro atoms. The lowest BCUT2D eigenvalue weighted by Gasteiger charge is -2.09. The highest BCUT2D eigenvalue weighted by Crippen LogP contribution is 2.18. The number of thioether (sulfide) groups is 1. The minimum Gasteiger partial charge on any atom is -0.347 e. The fourth-order valence-corrected chi connectivity index (χ4v) is 4.76. The van der Waals surface area contributed by atoms with Crippen LogP contribution in [0.25, 0.3) is 0 Å². The highest BCUT2D eigenvalue weighted by molar-refractivity contribution is 8.13. The molecule has 0 aromatic rings. The van der Waals surface area contributed by atoms with Crippen LogP contribution in [0.5, 0.6) is 0 Å². The second-order valence-corrected chi connectivity index (χ2v) is 8.50. The molecule has 0 aromatic heterocycles. The van der Waals surface area contributed by atoms with E-state index in [1.54, 1.807) is 0 Å². The minimum absolute atomic E-state index is 0.0141. The van der Waals surface area contributed by atoms with Crippen LogP contribution >= 0.6 is 11.8 Å². The zero-order valence-corrected chi connectivity index (χ0v) is 13.3. The standard InChI is InChI=1S/C13H25NO3S2/c1-2-3-4-5-6-8-18-13(15)14-10-12-7-9-19(16,17)11-12/h12H,2-11H2,1H3,(H,14,15). The summed E-state index contributed by atoms with van der Waals surface area (Å²) >= 11 is 1.32. The van der Waals surface area contributed by atoms with Crippen LogP contribution in [0.1, 0.15) is 45.4 Å². The van der Waals surface area contributed by atoms with Gasteiger partial charge in [-0.3, -0.25) is 4.79 Å². The summed E-state index contributed by atoms with van der Waals surface area (Å²) in [6.45, 7) is 2.69. The smallest absolute Gasteiger partial charge is 0.279 e. The van der Waals surface area contributed by atoms with Gasteiger partial charge < -0.3 is 5.32 Å². The Morgan fingerprint density at radius 2 is 2.00 bits per heavy atom. The van der Waals surface area contributed by atoms with Crippen molar-refractivity contribution in [3.63, 3.8) is 0 Å². The number of hydrogen-bond donors (Lipinski definition) is 1. The Labute approximate surface area is 121 Å². The van der Waals surface area contributed by atoms with Crippen LogP contribution in [0.4, 0.5) is 4.79 Å². The Kier molecular flexibility index (Phi) is 7.83. The van der Waals surface area contributed by atoms with Gasteiger partial charge in [0.1, 0.15) is 0 Å². The van der Waals surface area contributed by atoms with Crippen molar-refractivity contribution in [2.45, 2.75) is 45.4 Å². The summed E-state index contributed by atoms with van der Waals surface area (Å²) in [5.74, 6) is 1.48. The van der Waals surface area contributed by atoms with Crippen molar-refractivity contribution >= 4 is 26.8 Å². The van der Waals surface area contributed by atoms with Crippen molar-refractivity contribution in [2.24, 2.45) is 5.92 Å². The van der Waals surface area contributed by atoms with Crippen LogP contribution in [-0.2, 0) is 9.84 Å². The van der Waals surface area contributed by atoms with Gasteiger partial charge in [-0.2, -0.15) is 0 Å². The summed E-state index contributed by atoms with van der Waals surface area (Å²) in [5.41, 5.74) is 0. The molecule has 1 amide bonds. The summed E-state index contributed by atoms with van der Waals surface area (Å²) in [5, 5.41) is 2.81. The van der Waals surface area contributed by atoms with E-state index in [2.05, 4.69) is 12.2 Å². The SMILES string of the molecule is CCCCCCCSC(=O)NCC1CCS(=O)(=O)C1. The number of rotatable bonds is 8. The van der Waals surface area contributed by atoms with Gasteiger partial charge in [0, 0.05) is 12.3 Å². The molecular formula is C13H25NO3S2. The predicted octanol–water partition coefficient (Wildman–Crippen LogP) is 2.83. The number of sulfone groups is 1. The van der Waals surface area contributed by atoms with Crippen molar-refractivity contribution in [1.29, 1.82) is 0 Å². The van der Waals surface area contributed by atoms with Gasteiger partial charge in [0.2, 0.25) is 0 Å². The van der Waals surface area contributed by atoms with Crippen molar-refractivity contribution in [3.05, 3.63) is 0 Å². The van der Waals surface area contributed by atoms with Gasteiger partial charge >= 0.3 is 0 Å². The zero-order chi connectivity index (χ0) is 14.1. The number of unbranched alkanes of at least 4 members (excludes halogenated alkanes) is 4. The van der Waals surface area contributed by atoms with Gasteiger partial charge in [-0.1, -0.05) is 44.4 Å². The Morgan fingerprint density at radius 1 is 1.26 bits per heavy atom. The van der Waals surface area contributed by atoms with E-state index in [0.29, 0.717) is 13.0 Å². The third-order valence-corrected chi connectivity index (χ3v) is 6.08. The first-order chi connectivity index (χ1) is 9.03. The third-order valence-electron chi connectivity index (χ3n) is 3.34. The van der Waals surface area contributed by atoms with E-state index in [9.17, 15) is 13.2 Å². The Bertz CT molecular complexity index is 368. The molecule has 1 fully saturated rings. The number of hydrogen-bond acceptors (Lipinski definition) is 4. The fraction of sp³-hybridized carbons (Fsp3) is 0.923. The maximum Gasteiger partial charge on any atom is 0.279 e. The molecule has 19 heavy (non-hydrogen) atoms. The molecule has 4 nitrogen and oxygen atoms in total. The summed E-state index contributed by atoms with van der Waals surface area (Å²) < 4.78 is 22.5. The summed E-state index contributed by atoms with van der Waals surface area (Å²) in [4.78, 5) is 11.6. The highest BCUT2D eigenvalue weighted by atomic mass is 32.2. The van der Waals surface area contributed by atoms with Crippen molar-refractivity contribution < 1.29 is 13.2 Å². The van der Waals surface area contributed by atoms with Crippen molar-refractivity contribution in [1.82, 2.24) is 5.32 Å². The van der Waals surface area contributed by atoms with E-state index < -0.39 is 9.84 Å². The lowest BCUT2D eigenvalue weighted by molar-refractivity contribution is 0.259. The zero-order valence-electron chi connectivity index (χ0n) is 11.7. The largest absolute Gasteiger partial charge is 0.347 e. The molecule has 1 atom stereocenters. The molecule has 1 aliphatic rings. The average Bonchev–Trinajstić information content (AvgIpc) is 2.71.